The molecule has 0 fully saturated rings. The maximum Gasteiger partial charge on any atom is 0.338 e. The zero-order valence-corrected chi connectivity index (χ0v) is 16.1. The van der Waals surface area contributed by atoms with Crippen LogP contribution in [0.1, 0.15) is 30.4 Å². The number of hydrogen-bond donors (Lipinski definition) is 1. The summed E-state index contributed by atoms with van der Waals surface area (Å²) in [5, 5.41) is 4.48. The second-order valence-electron chi connectivity index (χ2n) is 5.86. The molecule has 29 heavy (non-hydrogen) atoms. The Hall–Kier alpha value is -3.52. The third-order valence-corrected chi connectivity index (χ3v) is 4.78. The van der Waals surface area contributed by atoms with Crippen LogP contribution in [-0.4, -0.2) is 31.4 Å². The van der Waals surface area contributed by atoms with Crippen molar-refractivity contribution in [3.05, 3.63) is 81.8 Å². The predicted octanol–water partition coefficient (Wildman–Crippen LogP) is 4.19. The molecule has 6 nitrogen and oxygen atoms in total. The van der Waals surface area contributed by atoms with Gasteiger partial charge in [0.25, 0.3) is 5.91 Å². The first-order valence-corrected chi connectivity index (χ1v) is 9.34. The molecule has 0 aliphatic carbocycles. The van der Waals surface area contributed by atoms with Gasteiger partial charge in [0.2, 0.25) is 0 Å². The zero-order valence-electron chi connectivity index (χ0n) is 15.3. The quantitative estimate of drug-likeness (QED) is 0.464. The Bertz CT molecular complexity index is 1050. The van der Waals surface area contributed by atoms with Gasteiger partial charge in [-0.2, -0.15) is 0 Å². The molecule has 1 heterocycles. The van der Waals surface area contributed by atoms with Crippen molar-refractivity contribution in [2.45, 2.75) is 0 Å². The van der Waals surface area contributed by atoms with Gasteiger partial charge in [0.15, 0.2) is 24.0 Å². The van der Waals surface area contributed by atoms with E-state index < -0.39 is 24.2 Å². The Morgan fingerprint density at radius 1 is 1.03 bits per heavy atom. The third kappa shape index (κ3) is 5.05. The number of thiophene rings is 1. The van der Waals surface area contributed by atoms with E-state index in [2.05, 4.69) is 5.32 Å². The number of benzene rings is 2. The first kappa shape index (κ1) is 20.2. The van der Waals surface area contributed by atoms with Crippen LogP contribution in [0, 0.1) is 5.82 Å². The number of amides is 1. The highest BCUT2D eigenvalue weighted by molar-refractivity contribution is 7.12. The number of anilines is 1. The minimum absolute atomic E-state index is 0.0138. The number of halogens is 1. The van der Waals surface area contributed by atoms with Crippen LogP contribution in [-0.2, 0) is 4.74 Å². The Morgan fingerprint density at radius 3 is 2.55 bits per heavy atom. The van der Waals surface area contributed by atoms with E-state index in [4.69, 9.17) is 9.47 Å². The number of nitrogens with one attached hydrogen (secondary N) is 1. The van der Waals surface area contributed by atoms with Gasteiger partial charge in [-0.25, -0.2) is 9.18 Å². The molecule has 3 rings (SSSR count). The van der Waals surface area contributed by atoms with Crippen LogP contribution >= 0.6 is 11.3 Å². The van der Waals surface area contributed by atoms with E-state index >= 15 is 0 Å². The van der Waals surface area contributed by atoms with E-state index in [-0.39, 0.29) is 22.8 Å². The number of hydrogen-bond acceptors (Lipinski definition) is 6. The van der Waals surface area contributed by atoms with E-state index in [1.54, 1.807) is 29.6 Å². The molecule has 0 unspecified atom stereocenters. The van der Waals surface area contributed by atoms with E-state index in [9.17, 15) is 18.8 Å². The number of methoxy groups -OCH3 is 1. The molecule has 0 radical (unpaired) electrons. The highest BCUT2D eigenvalue weighted by atomic mass is 32.1. The summed E-state index contributed by atoms with van der Waals surface area (Å²) in [6, 6.07) is 13.4. The number of carbonyl (C=O) groups excluding carboxylic acids is 3. The van der Waals surface area contributed by atoms with Crippen molar-refractivity contribution in [1.29, 1.82) is 0 Å². The Labute approximate surface area is 169 Å². The van der Waals surface area contributed by atoms with Gasteiger partial charge >= 0.3 is 5.97 Å². The lowest BCUT2D eigenvalue weighted by Gasteiger charge is -2.08. The lowest BCUT2D eigenvalue weighted by atomic mass is 10.1. The molecule has 0 aliphatic rings. The molecule has 2 aromatic carbocycles. The fourth-order valence-electron chi connectivity index (χ4n) is 2.46. The molecule has 8 heteroatoms. The summed E-state index contributed by atoms with van der Waals surface area (Å²) < 4.78 is 23.5. The van der Waals surface area contributed by atoms with Crippen molar-refractivity contribution in [2.24, 2.45) is 0 Å². The Kier molecular flexibility index (Phi) is 6.36. The number of ketones is 1. The van der Waals surface area contributed by atoms with Crippen molar-refractivity contribution < 1.29 is 28.2 Å². The summed E-state index contributed by atoms with van der Waals surface area (Å²) in [5.74, 6) is -2.25. The molecule has 1 N–H and O–H groups in total. The van der Waals surface area contributed by atoms with Gasteiger partial charge in [-0.3, -0.25) is 9.59 Å². The van der Waals surface area contributed by atoms with Gasteiger partial charge in [-0.05, 0) is 47.8 Å². The average Bonchev–Trinajstić information content (AvgIpc) is 3.27. The van der Waals surface area contributed by atoms with Crippen molar-refractivity contribution in [3.63, 3.8) is 0 Å². The monoisotopic (exact) mass is 413 g/mol. The summed E-state index contributed by atoms with van der Waals surface area (Å²) in [6.07, 6.45) is 0. The number of Topliss-reactive ketones (excluding diaryl/α,β-unsaturated/α-hetero) is 1. The molecular weight excluding hydrogens is 397 g/mol. The van der Waals surface area contributed by atoms with Crippen LogP contribution in [0.25, 0.3) is 0 Å². The smallest absolute Gasteiger partial charge is 0.338 e. The lowest BCUT2D eigenvalue weighted by molar-refractivity contribution is 0.0474. The van der Waals surface area contributed by atoms with Crippen LogP contribution in [0.2, 0.25) is 0 Å². The summed E-state index contributed by atoms with van der Waals surface area (Å²) >= 11 is 1.30. The molecule has 0 aliphatic heterocycles. The molecule has 3 aromatic rings. The second-order valence-corrected chi connectivity index (χ2v) is 6.81. The van der Waals surface area contributed by atoms with E-state index in [1.165, 1.54) is 42.7 Å². The van der Waals surface area contributed by atoms with E-state index in [1.807, 2.05) is 0 Å². The number of carbonyl (C=O) groups is 3. The molecular formula is C21H16FNO5S. The molecule has 0 saturated carbocycles. The normalized spacial score (nSPS) is 10.3. The number of rotatable bonds is 7. The van der Waals surface area contributed by atoms with Gasteiger partial charge in [0.05, 0.1) is 17.6 Å². The molecule has 148 valence electrons. The van der Waals surface area contributed by atoms with Crippen LogP contribution in [0.15, 0.2) is 60.0 Å². The standard InChI is InChI=1S/C21H16FNO5S/c1-27-18-8-7-13(11-16(18)22)17(24)12-28-21(26)14-4-2-5-15(10-14)23-20(25)19-6-3-9-29-19/h2-11H,12H2,1H3,(H,23,25). The molecule has 0 saturated heterocycles. The molecule has 1 aromatic heterocycles. The van der Waals surface area contributed by atoms with Gasteiger partial charge in [-0.1, -0.05) is 12.1 Å². The minimum atomic E-state index is -0.737. The maximum absolute atomic E-state index is 13.7. The van der Waals surface area contributed by atoms with Crippen molar-refractivity contribution in [1.82, 2.24) is 0 Å². The Morgan fingerprint density at radius 2 is 1.86 bits per heavy atom. The minimum Gasteiger partial charge on any atom is -0.494 e. The fraction of sp³-hybridized carbons (Fsp3) is 0.0952. The molecule has 0 atom stereocenters. The molecule has 0 bridgehead atoms. The predicted molar refractivity (Wildman–Crippen MR) is 106 cm³/mol. The van der Waals surface area contributed by atoms with Crippen LogP contribution in [0.3, 0.4) is 0 Å². The summed E-state index contributed by atoms with van der Waals surface area (Å²) in [6.45, 7) is -0.545. The first-order chi connectivity index (χ1) is 14.0. The average molecular weight is 413 g/mol. The largest absolute Gasteiger partial charge is 0.494 e. The van der Waals surface area contributed by atoms with Gasteiger partial charge < -0.3 is 14.8 Å². The second kappa shape index (κ2) is 9.11. The van der Waals surface area contributed by atoms with Crippen molar-refractivity contribution in [2.75, 3.05) is 19.0 Å². The van der Waals surface area contributed by atoms with E-state index in [0.717, 1.165) is 6.07 Å². The first-order valence-electron chi connectivity index (χ1n) is 8.46. The summed E-state index contributed by atoms with van der Waals surface area (Å²) in [4.78, 5) is 37.0. The van der Waals surface area contributed by atoms with Crippen LogP contribution in [0.4, 0.5) is 10.1 Å². The lowest BCUT2D eigenvalue weighted by Crippen LogP contribution is -2.15. The highest BCUT2D eigenvalue weighted by Crippen LogP contribution is 2.19. The van der Waals surface area contributed by atoms with Gasteiger partial charge in [0, 0.05) is 11.3 Å². The Balaban J connectivity index is 1.61. The van der Waals surface area contributed by atoms with Crippen molar-refractivity contribution >= 4 is 34.7 Å². The summed E-state index contributed by atoms with van der Waals surface area (Å²) in [5.41, 5.74) is 0.650. The number of esters is 1. The zero-order chi connectivity index (χ0) is 20.8. The third-order valence-electron chi connectivity index (χ3n) is 3.91. The van der Waals surface area contributed by atoms with Gasteiger partial charge in [0.1, 0.15) is 0 Å². The maximum atomic E-state index is 13.7. The van der Waals surface area contributed by atoms with E-state index in [0.29, 0.717) is 10.6 Å². The topological polar surface area (TPSA) is 81.7 Å². The van der Waals surface area contributed by atoms with Crippen LogP contribution < -0.4 is 10.1 Å². The number of ether oxygens (including phenoxy) is 2. The molecule has 0 spiro atoms. The molecule has 1 amide bonds. The van der Waals surface area contributed by atoms with Crippen LogP contribution in [0.5, 0.6) is 5.75 Å². The fourth-order valence-corrected chi connectivity index (χ4v) is 3.08. The SMILES string of the molecule is COc1ccc(C(=O)COC(=O)c2cccc(NC(=O)c3cccs3)c2)cc1F. The highest BCUT2D eigenvalue weighted by Gasteiger charge is 2.15. The van der Waals surface area contributed by atoms with Crippen molar-refractivity contribution in [3.8, 4) is 5.75 Å². The van der Waals surface area contributed by atoms with Gasteiger partial charge in [-0.15, -0.1) is 11.3 Å². The summed E-state index contributed by atoms with van der Waals surface area (Å²) in [7, 11) is 1.32.